The molecule has 116 valence electrons. The van der Waals surface area contributed by atoms with Crippen LogP contribution in [0.3, 0.4) is 0 Å². The molecule has 1 fully saturated rings. The van der Waals surface area contributed by atoms with Gasteiger partial charge in [0.05, 0.1) is 0 Å². The SMILES string of the molecule is Cc1ccc(C)c(NC(=S)N[C@H]2C[C@@H](C)CC(C)(C)C2)c1. The van der Waals surface area contributed by atoms with Gasteiger partial charge < -0.3 is 10.6 Å². The summed E-state index contributed by atoms with van der Waals surface area (Å²) in [5, 5.41) is 7.63. The number of benzene rings is 1. The van der Waals surface area contributed by atoms with Gasteiger partial charge in [-0.05, 0) is 73.9 Å². The molecule has 2 nitrogen and oxygen atoms in total. The van der Waals surface area contributed by atoms with E-state index in [0.29, 0.717) is 11.5 Å². The molecule has 0 unspecified atom stereocenters. The second-order valence-electron chi connectivity index (χ2n) is 7.53. The fourth-order valence-electron chi connectivity index (χ4n) is 3.67. The quantitative estimate of drug-likeness (QED) is 0.767. The highest BCUT2D eigenvalue weighted by Gasteiger charge is 2.32. The number of thiocarbonyl (C=S) groups is 1. The third kappa shape index (κ3) is 4.70. The highest BCUT2D eigenvalue weighted by atomic mass is 32.1. The van der Waals surface area contributed by atoms with Gasteiger partial charge in [0.15, 0.2) is 5.11 Å². The summed E-state index contributed by atoms with van der Waals surface area (Å²) in [6, 6.07) is 6.89. The lowest BCUT2D eigenvalue weighted by atomic mass is 9.71. The molecule has 1 aromatic rings. The van der Waals surface area contributed by atoms with E-state index in [-0.39, 0.29) is 0 Å². The van der Waals surface area contributed by atoms with E-state index in [9.17, 15) is 0 Å². The molecular weight excluding hydrogens is 276 g/mol. The number of anilines is 1. The number of rotatable bonds is 2. The van der Waals surface area contributed by atoms with Crippen molar-refractivity contribution in [1.29, 1.82) is 0 Å². The molecule has 0 aromatic heterocycles. The van der Waals surface area contributed by atoms with Crippen LogP contribution in [0.15, 0.2) is 18.2 Å². The average molecular weight is 305 g/mol. The van der Waals surface area contributed by atoms with Crippen molar-refractivity contribution in [2.75, 3.05) is 5.32 Å². The summed E-state index contributed by atoms with van der Waals surface area (Å²) in [6.07, 6.45) is 3.70. The zero-order chi connectivity index (χ0) is 15.6. The summed E-state index contributed by atoms with van der Waals surface area (Å²) >= 11 is 5.51. The normalized spacial score (nSPS) is 24.4. The molecule has 1 aliphatic carbocycles. The van der Waals surface area contributed by atoms with Gasteiger partial charge in [0, 0.05) is 11.7 Å². The molecular formula is C18H28N2S. The first kappa shape index (κ1) is 16.3. The Hall–Kier alpha value is -1.09. The largest absolute Gasteiger partial charge is 0.360 e. The monoisotopic (exact) mass is 304 g/mol. The fraction of sp³-hybridized carbons (Fsp3) is 0.611. The highest BCUT2D eigenvalue weighted by molar-refractivity contribution is 7.80. The van der Waals surface area contributed by atoms with Crippen LogP contribution in [0.2, 0.25) is 0 Å². The molecule has 1 aliphatic rings. The smallest absolute Gasteiger partial charge is 0.171 e. The van der Waals surface area contributed by atoms with Gasteiger partial charge in [-0.25, -0.2) is 0 Å². The Labute approximate surface area is 134 Å². The molecule has 1 saturated carbocycles. The Kier molecular flexibility index (Phi) is 4.92. The molecule has 0 radical (unpaired) electrons. The molecule has 3 heteroatoms. The summed E-state index contributed by atoms with van der Waals surface area (Å²) in [5.41, 5.74) is 3.99. The predicted octanol–water partition coefficient (Wildman–Crippen LogP) is 4.80. The molecule has 1 aromatic carbocycles. The van der Waals surface area contributed by atoms with Crippen LogP contribution >= 0.6 is 12.2 Å². The van der Waals surface area contributed by atoms with Crippen molar-refractivity contribution in [3.8, 4) is 0 Å². The van der Waals surface area contributed by atoms with E-state index in [4.69, 9.17) is 12.2 Å². The van der Waals surface area contributed by atoms with Crippen LogP contribution < -0.4 is 10.6 Å². The maximum Gasteiger partial charge on any atom is 0.171 e. The third-order valence-electron chi connectivity index (χ3n) is 4.36. The molecule has 2 N–H and O–H groups in total. The van der Waals surface area contributed by atoms with Gasteiger partial charge in [0.25, 0.3) is 0 Å². The topological polar surface area (TPSA) is 24.1 Å². The van der Waals surface area contributed by atoms with Gasteiger partial charge in [-0.3, -0.25) is 0 Å². The summed E-state index contributed by atoms with van der Waals surface area (Å²) in [7, 11) is 0. The van der Waals surface area contributed by atoms with E-state index in [1.165, 1.54) is 30.4 Å². The van der Waals surface area contributed by atoms with Crippen LogP contribution in [0.5, 0.6) is 0 Å². The van der Waals surface area contributed by atoms with Crippen LogP contribution in [0.4, 0.5) is 5.69 Å². The molecule has 2 rings (SSSR count). The lowest BCUT2D eigenvalue weighted by molar-refractivity contribution is 0.162. The maximum atomic E-state index is 5.51. The molecule has 0 bridgehead atoms. The number of nitrogens with one attached hydrogen (secondary N) is 2. The van der Waals surface area contributed by atoms with Crippen LogP contribution in [0, 0.1) is 25.2 Å². The van der Waals surface area contributed by atoms with E-state index in [1.807, 2.05) is 0 Å². The van der Waals surface area contributed by atoms with E-state index < -0.39 is 0 Å². The molecule has 0 amide bonds. The molecule has 0 aliphatic heterocycles. The van der Waals surface area contributed by atoms with Crippen molar-refractivity contribution in [2.45, 2.75) is 59.9 Å². The Bertz CT molecular complexity index is 522. The first-order valence-corrected chi connectivity index (χ1v) is 8.31. The van der Waals surface area contributed by atoms with Gasteiger partial charge in [-0.15, -0.1) is 0 Å². The van der Waals surface area contributed by atoms with Crippen molar-refractivity contribution in [3.05, 3.63) is 29.3 Å². The number of aryl methyl sites for hydroxylation is 2. The Balaban J connectivity index is 1.97. The minimum atomic E-state index is 0.407. The van der Waals surface area contributed by atoms with Gasteiger partial charge in [0.2, 0.25) is 0 Å². The first-order valence-electron chi connectivity index (χ1n) is 7.90. The van der Waals surface area contributed by atoms with Gasteiger partial charge in [0.1, 0.15) is 0 Å². The zero-order valence-corrected chi connectivity index (χ0v) is 14.7. The average Bonchev–Trinajstić information content (AvgIpc) is 2.31. The van der Waals surface area contributed by atoms with Crippen molar-refractivity contribution in [3.63, 3.8) is 0 Å². The van der Waals surface area contributed by atoms with E-state index in [0.717, 1.165) is 16.7 Å². The third-order valence-corrected chi connectivity index (χ3v) is 4.58. The molecule has 21 heavy (non-hydrogen) atoms. The Morgan fingerprint density at radius 1 is 1.24 bits per heavy atom. The van der Waals surface area contributed by atoms with Crippen LogP contribution in [-0.4, -0.2) is 11.2 Å². The Morgan fingerprint density at radius 3 is 2.62 bits per heavy atom. The van der Waals surface area contributed by atoms with Gasteiger partial charge in [-0.2, -0.15) is 0 Å². The van der Waals surface area contributed by atoms with Gasteiger partial charge in [-0.1, -0.05) is 32.9 Å². The highest BCUT2D eigenvalue weighted by Crippen LogP contribution is 2.38. The molecule has 2 atom stereocenters. The fourth-order valence-corrected chi connectivity index (χ4v) is 3.95. The number of hydrogen-bond acceptors (Lipinski definition) is 1. The zero-order valence-electron chi connectivity index (χ0n) is 13.9. The standard InChI is InChI=1S/C18H28N2S/c1-12-6-7-14(3)16(9-12)20-17(21)19-15-8-13(2)10-18(4,5)11-15/h6-7,9,13,15H,8,10-11H2,1-5H3,(H2,19,20,21)/t13-,15+/m1/s1. The maximum absolute atomic E-state index is 5.51. The van der Waals surface area contributed by atoms with Crippen LogP contribution in [0.25, 0.3) is 0 Å². The Morgan fingerprint density at radius 2 is 1.95 bits per heavy atom. The lowest BCUT2D eigenvalue weighted by Gasteiger charge is -2.39. The molecule has 0 spiro atoms. The van der Waals surface area contributed by atoms with Crippen molar-refractivity contribution in [2.24, 2.45) is 11.3 Å². The summed E-state index contributed by atoms with van der Waals surface area (Å²) < 4.78 is 0. The second kappa shape index (κ2) is 6.35. The van der Waals surface area contributed by atoms with E-state index in [2.05, 4.69) is 63.5 Å². The van der Waals surface area contributed by atoms with Gasteiger partial charge >= 0.3 is 0 Å². The lowest BCUT2D eigenvalue weighted by Crippen LogP contribution is -2.44. The van der Waals surface area contributed by atoms with Crippen LogP contribution in [0.1, 0.15) is 51.2 Å². The van der Waals surface area contributed by atoms with Crippen molar-refractivity contribution < 1.29 is 0 Å². The second-order valence-corrected chi connectivity index (χ2v) is 7.94. The van der Waals surface area contributed by atoms with Crippen molar-refractivity contribution in [1.82, 2.24) is 5.32 Å². The summed E-state index contributed by atoms with van der Waals surface area (Å²) in [4.78, 5) is 0. The predicted molar refractivity (Wildman–Crippen MR) is 95.9 cm³/mol. The minimum absolute atomic E-state index is 0.407. The molecule has 0 saturated heterocycles. The first-order chi connectivity index (χ1) is 9.75. The summed E-state index contributed by atoms with van der Waals surface area (Å²) in [5.74, 6) is 0.759. The summed E-state index contributed by atoms with van der Waals surface area (Å²) in [6.45, 7) is 11.3. The van der Waals surface area contributed by atoms with Crippen molar-refractivity contribution >= 4 is 23.0 Å². The minimum Gasteiger partial charge on any atom is -0.360 e. The molecule has 0 heterocycles. The van der Waals surface area contributed by atoms with E-state index >= 15 is 0 Å². The number of hydrogen-bond donors (Lipinski definition) is 2. The van der Waals surface area contributed by atoms with E-state index in [1.54, 1.807) is 0 Å². The van der Waals surface area contributed by atoms with Crippen LogP contribution in [-0.2, 0) is 0 Å².